The molecule has 1 N–H and O–H groups in total. The lowest BCUT2D eigenvalue weighted by Gasteiger charge is -2.59. The number of alkyl halides is 3. The second-order valence-electron chi connectivity index (χ2n) is 8.48. The number of ether oxygens (including phenoxy) is 1. The van der Waals surface area contributed by atoms with Gasteiger partial charge in [0.15, 0.2) is 6.17 Å². The van der Waals surface area contributed by atoms with E-state index in [1.54, 1.807) is 0 Å². The molecule has 5 nitrogen and oxygen atoms in total. The van der Waals surface area contributed by atoms with Gasteiger partial charge in [0.1, 0.15) is 0 Å². The van der Waals surface area contributed by atoms with Crippen LogP contribution in [0, 0.1) is 22.7 Å². The molecule has 4 aliphatic carbocycles. The minimum atomic E-state index is -5.85. The first-order valence-corrected chi connectivity index (χ1v) is 9.97. The molecule has 3 atom stereocenters. The summed E-state index contributed by atoms with van der Waals surface area (Å²) in [6.07, 6.45) is 1.31. The minimum Gasteiger partial charge on any atom is -0.465 e. The maximum absolute atomic E-state index is 13.5. The van der Waals surface area contributed by atoms with E-state index in [4.69, 9.17) is 9.29 Å². The second kappa shape index (κ2) is 5.84. The quantitative estimate of drug-likeness (QED) is 0.561. The molecule has 4 rings (SSSR count). The van der Waals surface area contributed by atoms with Crippen LogP contribution in [0.2, 0.25) is 0 Å². The molecule has 0 saturated heterocycles. The fraction of sp³-hybridized carbons (Fsp3) is 0.938. The summed E-state index contributed by atoms with van der Waals surface area (Å²) in [5.41, 5.74) is -0.514. The van der Waals surface area contributed by atoms with Crippen LogP contribution in [0.5, 0.6) is 0 Å². The number of carbonyl (C=O) groups is 1. The molecule has 144 valence electrons. The zero-order valence-corrected chi connectivity index (χ0v) is 14.8. The predicted molar refractivity (Wildman–Crippen MR) is 82.2 cm³/mol. The van der Waals surface area contributed by atoms with E-state index in [2.05, 4.69) is 6.92 Å². The summed E-state index contributed by atoms with van der Waals surface area (Å²) < 4.78 is 74.3. The summed E-state index contributed by atoms with van der Waals surface area (Å²) in [4.78, 5) is 12.6. The molecule has 9 heteroatoms. The van der Waals surface area contributed by atoms with Gasteiger partial charge >= 0.3 is 21.3 Å². The molecule has 3 unspecified atom stereocenters. The Labute approximate surface area is 145 Å². The molecule has 0 aromatic heterocycles. The molecule has 0 radical (unpaired) electrons. The van der Waals surface area contributed by atoms with Crippen LogP contribution < -0.4 is 0 Å². The van der Waals surface area contributed by atoms with Crippen LogP contribution in [0.15, 0.2) is 0 Å². The normalized spacial score (nSPS) is 38.6. The van der Waals surface area contributed by atoms with E-state index in [1.165, 1.54) is 0 Å². The van der Waals surface area contributed by atoms with Gasteiger partial charge in [-0.1, -0.05) is 6.92 Å². The summed E-state index contributed by atoms with van der Waals surface area (Å²) in [6, 6.07) is 0. The van der Waals surface area contributed by atoms with Gasteiger partial charge in [-0.3, -0.25) is 9.35 Å². The van der Waals surface area contributed by atoms with Crippen molar-refractivity contribution in [2.45, 2.75) is 63.3 Å². The van der Waals surface area contributed by atoms with Gasteiger partial charge < -0.3 is 4.74 Å². The molecule has 0 aromatic rings. The molecular formula is C16H23F3O5S. The standard InChI is InChI=1S/C16H23F3O5S/c1-14-5-10-4-11(6-14)8-15(7-10,9-14)13(20)24-3-2-12(17)16(18,19)25(21,22)23/h10-12H,2-9H2,1H3,(H,21,22,23). The smallest absolute Gasteiger partial charge is 0.400 e. The lowest BCUT2D eigenvalue weighted by atomic mass is 9.44. The van der Waals surface area contributed by atoms with Gasteiger partial charge in [0.2, 0.25) is 0 Å². The molecule has 25 heavy (non-hydrogen) atoms. The van der Waals surface area contributed by atoms with Crippen molar-refractivity contribution in [1.82, 2.24) is 0 Å². The largest absolute Gasteiger partial charge is 0.465 e. The molecule has 0 amide bonds. The number of halogens is 3. The fourth-order valence-electron chi connectivity index (χ4n) is 5.70. The summed E-state index contributed by atoms with van der Waals surface area (Å²) >= 11 is 0. The van der Waals surface area contributed by atoms with Gasteiger partial charge in [0, 0.05) is 6.42 Å². The second-order valence-corrected chi connectivity index (χ2v) is 9.98. The number of hydrogen-bond donors (Lipinski definition) is 1. The molecule has 0 aliphatic heterocycles. The highest BCUT2D eigenvalue weighted by molar-refractivity contribution is 7.86. The molecule has 4 fully saturated rings. The van der Waals surface area contributed by atoms with E-state index in [0.717, 1.165) is 32.1 Å². The van der Waals surface area contributed by atoms with Crippen LogP contribution in [-0.4, -0.2) is 37.0 Å². The van der Waals surface area contributed by atoms with Crippen LogP contribution in [0.4, 0.5) is 13.2 Å². The van der Waals surface area contributed by atoms with Crippen molar-refractivity contribution in [1.29, 1.82) is 0 Å². The highest BCUT2D eigenvalue weighted by atomic mass is 32.2. The molecule has 0 spiro atoms. The Morgan fingerprint density at radius 3 is 2.32 bits per heavy atom. The molecule has 0 heterocycles. The van der Waals surface area contributed by atoms with Crippen LogP contribution in [0.3, 0.4) is 0 Å². The van der Waals surface area contributed by atoms with E-state index in [9.17, 15) is 26.4 Å². The highest BCUT2D eigenvalue weighted by Gasteiger charge is 2.59. The monoisotopic (exact) mass is 384 g/mol. The SMILES string of the molecule is CC12CC3CC(C1)CC(C(=O)OCCC(F)C(F)(F)S(=O)(=O)O)(C3)C2. The molecule has 0 aromatic carbocycles. The van der Waals surface area contributed by atoms with Crippen molar-refractivity contribution in [3.8, 4) is 0 Å². The number of carbonyl (C=O) groups excluding carboxylic acids is 1. The van der Waals surface area contributed by atoms with E-state index < -0.39 is 46.0 Å². The van der Waals surface area contributed by atoms with Crippen molar-refractivity contribution < 1.29 is 35.7 Å². The first kappa shape index (κ1) is 18.9. The third-order valence-corrected chi connectivity index (χ3v) is 7.04. The van der Waals surface area contributed by atoms with Crippen molar-refractivity contribution in [3.05, 3.63) is 0 Å². The maximum Gasteiger partial charge on any atom is 0.400 e. The van der Waals surface area contributed by atoms with Crippen molar-refractivity contribution in [3.63, 3.8) is 0 Å². The number of esters is 1. The predicted octanol–water partition coefficient (Wildman–Crippen LogP) is 3.34. The third-order valence-electron chi connectivity index (χ3n) is 6.10. The average Bonchev–Trinajstić information content (AvgIpc) is 2.42. The van der Waals surface area contributed by atoms with Crippen molar-refractivity contribution >= 4 is 16.1 Å². The summed E-state index contributed by atoms with van der Waals surface area (Å²) in [5.74, 6) is 0.448. The van der Waals surface area contributed by atoms with E-state index >= 15 is 0 Å². The van der Waals surface area contributed by atoms with Crippen molar-refractivity contribution in [2.75, 3.05) is 6.61 Å². The third kappa shape index (κ3) is 3.29. The molecular weight excluding hydrogens is 361 g/mol. The van der Waals surface area contributed by atoms with Gasteiger partial charge in [-0.15, -0.1) is 0 Å². The molecule has 4 saturated carbocycles. The zero-order chi connectivity index (χ0) is 18.7. The van der Waals surface area contributed by atoms with Gasteiger partial charge in [0.05, 0.1) is 12.0 Å². The van der Waals surface area contributed by atoms with E-state index in [-0.39, 0.29) is 5.41 Å². The van der Waals surface area contributed by atoms with Gasteiger partial charge in [0.25, 0.3) is 0 Å². The summed E-state index contributed by atoms with van der Waals surface area (Å²) in [6.45, 7) is 1.52. The molecule has 4 aliphatic rings. The fourth-order valence-corrected chi connectivity index (χ4v) is 6.14. The van der Waals surface area contributed by atoms with Gasteiger partial charge in [-0.2, -0.15) is 17.2 Å². The Morgan fingerprint density at radius 1 is 1.28 bits per heavy atom. The zero-order valence-electron chi connectivity index (χ0n) is 14.0. The summed E-state index contributed by atoms with van der Waals surface area (Å²) in [7, 11) is -5.85. The molecule has 4 bridgehead atoms. The van der Waals surface area contributed by atoms with Crippen LogP contribution in [0.1, 0.15) is 51.9 Å². The minimum absolute atomic E-state index is 0.101. The van der Waals surface area contributed by atoms with Gasteiger partial charge in [-0.05, 0) is 55.8 Å². The average molecular weight is 384 g/mol. The Kier molecular flexibility index (Phi) is 4.42. The Bertz CT molecular complexity index is 649. The van der Waals surface area contributed by atoms with Crippen LogP contribution in [-0.2, 0) is 19.6 Å². The topological polar surface area (TPSA) is 80.7 Å². The Hall–Kier alpha value is -0.830. The maximum atomic E-state index is 13.5. The first-order chi connectivity index (χ1) is 11.4. The Balaban J connectivity index is 1.59. The van der Waals surface area contributed by atoms with E-state index in [1.807, 2.05) is 0 Å². The van der Waals surface area contributed by atoms with Crippen LogP contribution >= 0.6 is 0 Å². The number of hydrogen-bond acceptors (Lipinski definition) is 4. The lowest BCUT2D eigenvalue weighted by molar-refractivity contribution is -0.180. The van der Waals surface area contributed by atoms with E-state index in [0.29, 0.717) is 18.3 Å². The van der Waals surface area contributed by atoms with Crippen LogP contribution in [0.25, 0.3) is 0 Å². The number of rotatable bonds is 6. The first-order valence-electron chi connectivity index (χ1n) is 8.53. The summed E-state index contributed by atoms with van der Waals surface area (Å²) in [5, 5.41) is -4.91. The van der Waals surface area contributed by atoms with Gasteiger partial charge in [-0.25, -0.2) is 4.39 Å². The lowest BCUT2D eigenvalue weighted by Crippen LogP contribution is -2.54. The Morgan fingerprint density at radius 2 is 1.84 bits per heavy atom. The highest BCUT2D eigenvalue weighted by Crippen LogP contribution is 2.65. The van der Waals surface area contributed by atoms with Crippen molar-refractivity contribution in [2.24, 2.45) is 22.7 Å².